The summed E-state index contributed by atoms with van der Waals surface area (Å²) in [6.07, 6.45) is 0. The maximum absolute atomic E-state index is 6.45. The largest absolute Gasteiger partial charge is 0.354 e. The van der Waals surface area contributed by atoms with E-state index in [2.05, 4.69) is 16.3 Å². The summed E-state index contributed by atoms with van der Waals surface area (Å²) in [5, 5.41) is 9.38. The number of piperazine rings is 1. The molecule has 3 aromatic rings. The molecular formula is C18H19Cl2N5. The summed E-state index contributed by atoms with van der Waals surface area (Å²) in [7, 11) is 0. The molecule has 130 valence electrons. The quantitative estimate of drug-likeness (QED) is 0.740. The molecule has 0 atom stereocenters. The van der Waals surface area contributed by atoms with Crippen LogP contribution in [0.1, 0.15) is 11.4 Å². The number of rotatable bonds is 2. The molecule has 0 amide bonds. The first-order valence-electron chi connectivity index (χ1n) is 8.32. The van der Waals surface area contributed by atoms with Crippen molar-refractivity contribution in [3.8, 4) is 11.1 Å². The number of aromatic nitrogens is 3. The van der Waals surface area contributed by atoms with Crippen molar-refractivity contribution in [3.63, 3.8) is 0 Å². The van der Waals surface area contributed by atoms with E-state index in [1.807, 2.05) is 30.5 Å². The first kappa shape index (κ1) is 16.6. The molecule has 0 radical (unpaired) electrons. The fourth-order valence-electron chi connectivity index (χ4n) is 3.35. The Hall–Kier alpha value is -1.82. The SMILES string of the molecule is Cc1cc(N2CCNCC2)n2nc(C)c(-c3ccc(Cl)cc3Cl)c2n1. The van der Waals surface area contributed by atoms with Crippen LogP contribution in [0, 0.1) is 13.8 Å². The minimum absolute atomic E-state index is 0.609. The van der Waals surface area contributed by atoms with Crippen LogP contribution in [0.4, 0.5) is 5.82 Å². The molecule has 2 aromatic heterocycles. The molecule has 5 nitrogen and oxygen atoms in total. The molecule has 1 fully saturated rings. The molecule has 1 aliphatic rings. The maximum atomic E-state index is 6.45. The van der Waals surface area contributed by atoms with Gasteiger partial charge in [-0.25, -0.2) is 4.98 Å². The lowest BCUT2D eigenvalue weighted by Crippen LogP contribution is -2.44. The van der Waals surface area contributed by atoms with Gasteiger partial charge in [0.2, 0.25) is 0 Å². The smallest absolute Gasteiger partial charge is 0.165 e. The van der Waals surface area contributed by atoms with Crippen LogP contribution in [0.15, 0.2) is 24.3 Å². The Labute approximate surface area is 156 Å². The van der Waals surface area contributed by atoms with Gasteiger partial charge < -0.3 is 10.2 Å². The number of halogens is 2. The first-order valence-corrected chi connectivity index (χ1v) is 9.08. The number of anilines is 1. The third-order valence-corrected chi connectivity index (χ3v) is 5.06. The molecule has 1 N–H and O–H groups in total. The van der Waals surface area contributed by atoms with Gasteiger partial charge in [0.15, 0.2) is 5.65 Å². The van der Waals surface area contributed by atoms with E-state index in [0.717, 1.165) is 60.2 Å². The van der Waals surface area contributed by atoms with Crippen LogP contribution in [0.2, 0.25) is 10.0 Å². The summed E-state index contributed by atoms with van der Waals surface area (Å²) >= 11 is 12.5. The lowest BCUT2D eigenvalue weighted by atomic mass is 10.1. The molecular weight excluding hydrogens is 357 g/mol. The second kappa shape index (κ2) is 6.48. The Kier molecular flexibility index (Phi) is 4.31. The van der Waals surface area contributed by atoms with E-state index >= 15 is 0 Å². The molecule has 0 unspecified atom stereocenters. The van der Waals surface area contributed by atoms with Crippen molar-refractivity contribution in [3.05, 3.63) is 45.7 Å². The second-order valence-corrected chi connectivity index (χ2v) is 7.16. The predicted octanol–water partition coefficient (Wildman–Crippen LogP) is 3.73. The van der Waals surface area contributed by atoms with Crippen LogP contribution in [0.3, 0.4) is 0 Å². The van der Waals surface area contributed by atoms with Crippen molar-refractivity contribution in [1.29, 1.82) is 0 Å². The molecule has 1 aromatic carbocycles. The summed E-state index contributed by atoms with van der Waals surface area (Å²) in [5.74, 6) is 1.07. The molecule has 25 heavy (non-hydrogen) atoms. The van der Waals surface area contributed by atoms with Crippen LogP contribution in [-0.2, 0) is 0 Å². The lowest BCUT2D eigenvalue weighted by Gasteiger charge is -2.29. The summed E-state index contributed by atoms with van der Waals surface area (Å²) in [4.78, 5) is 7.10. The van der Waals surface area contributed by atoms with Crippen molar-refractivity contribution in [2.24, 2.45) is 0 Å². The van der Waals surface area contributed by atoms with Gasteiger partial charge in [0.25, 0.3) is 0 Å². The van der Waals surface area contributed by atoms with Crippen LogP contribution >= 0.6 is 23.2 Å². The number of fused-ring (bicyclic) bond motifs is 1. The average molecular weight is 376 g/mol. The average Bonchev–Trinajstić information content (AvgIpc) is 2.91. The zero-order chi connectivity index (χ0) is 17.6. The summed E-state index contributed by atoms with van der Waals surface area (Å²) in [6, 6.07) is 7.63. The molecule has 7 heteroatoms. The van der Waals surface area contributed by atoms with E-state index in [1.54, 1.807) is 6.07 Å². The van der Waals surface area contributed by atoms with Gasteiger partial charge in [0.1, 0.15) is 5.82 Å². The summed E-state index contributed by atoms with van der Waals surface area (Å²) < 4.78 is 1.94. The number of nitrogens with zero attached hydrogens (tertiary/aromatic N) is 4. The molecule has 1 saturated heterocycles. The van der Waals surface area contributed by atoms with E-state index in [4.69, 9.17) is 33.3 Å². The molecule has 1 aliphatic heterocycles. The number of nitrogens with one attached hydrogen (secondary N) is 1. The van der Waals surface area contributed by atoms with Crippen LogP contribution in [0.25, 0.3) is 16.8 Å². The third-order valence-electron chi connectivity index (χ3n) is 4.51. The Balaban J connectivity index is 1.94. The topological polar surface area (TPSA) is 45.5 Å². The summed E-state index contributed by atoms with van der Waals surface area (Å²) in [5.41, 5.74) is 4.56. The van der Waals surface area contributed by atoms with Crippen molar-refractivity contribution in [2.45, 2.75) is 13.8 Å². The highest BCUT2D eigenvalue weighted by Gasteiger charge is 2.21. The lowest BCUT2D eigenvalue weighted by molar-refractivity contribution is 0.579. The Bertz CT molecular complexity index is 944. The summed E-state index contributed by atoms with van der Waals surface area (Å²) in [6.45, 7) is 7.86. The monoisotopic (exact) mass is 375 g/mol. The number of hydrogen-bond acceptors (Lipinski definition) is 4. The van der Waals surface area contributed by atoms with Gasteiger partial charge in [-0.05, 0) is 26.0 Å². The number of hydrogen-bond donors (Lipinski definition) is 1. The van der Waals surface area contributed by atoms with Crippen LogP contribution < -0.4 is 10.2 Å². The van der Waals surface area contributed by atoms with E-state index in [0.29, 0.717) is 10.0 Å². The highest BCUT2D eigenvalue weighted by molar-refractivity contribution is 6.36. The van der Waals surface area contributed by atoms with E-state index in [-0.39, 0.29) is 0 Å². The zero-order valence-electron chi connectivity index (χ0n) is 14.2. The molecule has 0 bridgehead atoms. The molecule has 4 rings (SSSR count). The molecule has 3 heterocycles. The molecule has 0 aliphatic carbocycles. The molecule has 0 spiro atoms. The number of aryl methyl sites for hydroxylation is 2. The standard InChI is InChI=1S/C18H19Cl2N5/c1-11-9-16(24-7-5-21-6-8-24)25-18(22-11)17(12(2)23-25)14-4-3-13(19)10-15(14)20/h3-4,9-10,21H,5-8H2,1-2H3. The first-order chi connectivity index (χ1) is 12.0. The van der Waals surface area contributed by atoms with Crippen molar-refractivity contribution in [2.75, 3.05) is 31.1 Å². The fraction of sp³-hybridized carbons (Fsp3) is 0.333. The predicted molar refractivity (Wildman–Crippen MR) is 103 cm³/mol. The van der Waals surface area contributed by atoms with E-state index in [1.165, 1.54) is 0 Å². The van der Waals surface area contributed by atoms with E-state index < -0.39 is 0 Å². The maximum Gasteiger partial charge on any atom is 0.165 e. The third kappa shape index (κ3) is 2.97. The fourth-order valence-corrected chi connectivity index (χ4v) is 3.86. The van der Waals surface area contributed by atoms with Gasteiger partial charge in [-0.15, -0.1) is 0 Å². The minimum atomic E-state index is 0.609. The van der Waals surface area contributed by atoms with Gasteiger partial charge in [0.05, 0.1) is 16.3 Å². The van der Waals surface area contributed by atoms with Crippen molar-refractivity contribution < 1.29 is 0 Å². The normalized spacial score (nSPS) is 15.1. The van der Waals surface area contributed by atoms with Gasteiger partial charge in [-0.3, -0.25) is 0 Å². The molecule has 0 saturated carbocycles. The highest BCUT2D eigenvalue weighted by Crippen LogP contribution is 2.36. The van der Waals surface area contributed by atoms with Gasteiger partial charge in [0, 0.05) is 48.5 Å². The minimum Gasteiger partial charge on any atom is -0.354 e. The van der Waals surface area contributed by atoms with Crippen molar-refractivity contribution >= 4 is 34.7 Å². The Morgan fingerprint density at radius 2 is 1.84 bits per heavy atom. The Morgan fingerprint density at radius 3 is 2.56 bits per heavy atom. The van der Waals surface area contributed by atoms with Crippen LogP contribution in [0.5, 0.6) is 0 Å². The van der Waals surface area contributed by atoms with Crippen molar-refractivity contribution in [1.82, 2.24) is 19.9 Å². The van der Waals surface area contributed by atoms with Crippen LogP contribution in [-0.4, -0.2) is 40.8 Å². The van der Waals surface area contributed by atoms with E-state index in [9.17, 15) is 0 Å². The van der Waals surface area contributed by atoms with Gasteiger partial charge in [-0.1, -0.05) is 29.3 Å². The van der Waals surface area contributed by atoms with Gasteiger partial charge in [-0.2, -0.15) is 9.61 Å². The van der Waals surface area contributed by atoms with Gasteiger partial charge >= 0.3 is 0 Å². The zero-order valence-corrected chi connectivity index (χ0v) is 15.7. The Morgan fingerprint density at radius 1 is 1.08 bits per heavy atom. The number of benzene rings is 1. The second-order valence-electron chi connectivity index (χ2n) is 6.31. The highest BCUT2D eigenvalue weighted by atomic mass is 35.5.